The molecular weight excluding hydrogens is 346 g/mol. The first kappa shape index (κ1) is 16.8. The zero-order valence-corrected chi connectivity index (χ0v) is 14.1. The standard InChI is InChI=1S/C22H14F2N2O/c23-18-10-6-11-19(24)16(18)13-14-21-25-20-12-5-4-9-17(20)22(27)26(21)15-7-2-1-3-8-15/h1-14H/b14-13+. The average molecular weight is 360 g/mol. The maximum absolute atomic E-state index is 13.9. The molecule has 0 N–H and O–H groups in total. The molecule has 0 amide bonds. The molecule has 0 spiro atoms. The third-order valence-electron chi connectivity index (χ3n) is 4.21. The molecule has 0 aliphatic carbocycles. The molecule has 0 fully saturated rings. The van der Waals surface area contributed by atoms with Crippen molar-refractivity contribution in [3.63, 3.8) is 0 Å². The number of halogens is 2. The van der Waals surface area contributed by atoms with Crippen LogP contribution in [0, 0.1) is 11.6 Å². The highest BCUT2D eigenvalue weighted by molar-refractivity contribution is 5.80. The minimum Gasteiger partial charge on any atom is -0.268 e. The number of hydrogen-bond acceptors (Lipinski definition) is 2. The lowest BCUT2D eigenvalue weighted by atomic mass is 10.1. The van der Waals surface area contributed by atoms with Crippen LogP contribution < -0.4 is 5.56 Å². The lowest BCUT2D eigenvalue weighted by Gasteiger charge is -2.11. The topological polar surface area (TPSA) is 34.9 Å². The fourth-order valence-electron chi connectivity index (χ4n) is 2.92. The molecule has 0 saturated carbocycles. The minimum atomic E-state index is -0.680. The van der Waals surface area contributed by atoms with Gasteiger partial charge in [-0.05, 0) is 48.6 Å². The van der Waals surface area contributed by atoms with Gasteiger partial charge in [-0.1, -0.05) is 36.4 Å². The molecule has 0 saturated heterocycles. The van der Waals surface area contributed by atoms with E-state index in [2.05, 4.69) is 4.98 Å². The zero-order chi connectivity index (χ0) is 18.8. The van der Waals surface area contributed by atoms with Crippen LogP contribution in [0.1, 0.15) is 11.4 Å². The van der Waals surface area contributed by atoms with Crippen molar-refractivity contribution in [2.24, 2.45) is 0 Å². The van der Waals surface area contributed by atoms with Crippen molar-refractivity contribution in [2.45, 2.75) is 0 Å². The van der Waals surface area contributed by atoms with Crippen molar-refractivity contribution in [3.8, 4) is 5.69 Å². The lowest BCUT2D eigenvalue weighted by Crippen LogP contribution is -2.22. The molecule has 0 bridgehead atoms. The number of nitrogens with zero attached hydrogens (tertiary/aromatic N) is 2. The Morgan fingerprint density at radius 3 is 2.19 bits per heavy atom. The van der Waals surface area contributed by atoms with Gasteiger partial charge in [0.2, 0.25) is 0 Å². The SMILES string of the molecule is O=c1c2ccccc2nc(/C=C/c2c(F)cccc2F)n1-c1ccccc1. The molecule has 0 aliphatic heterocycles. The van der Waals surface area contributed by atoms with E-state index in [4.69, 9.17) is 0 Å². The van der Waals surface area contributed by atoms with E-state index in [-0.39, 0.29) is 16.9 Å². The third kappa shape index (κ3) is 3.15. The summed E-state index contributed by atoms with van der Waals surface area (Å²) in [6.07, 6.45) is 2.74. The highest BCUT2D eigenvalue weighted by atomic mass is 19.1. The summed E-state index contributed by atoms with van der Waals surface area (Å²) in [5.41, 5.74) is 0.706. The van der Waals surface area contributed by atoms with Crippen LogP contribution in [-0.4, -0.2) is 9.55 Å². The first-order valence-electron chi connectivity index (χ1n) is 8.34. The predicted molar refractivity (Wildman–Crippen MR) is 103 cm³/mol. The van der Waals surface area contributed by atoms with Gasteiger partial charge in [0.05, 0.1) is 16.6 Å². The van der Waals surface area contributed by atoms with Gasteiger partial charge in [-0.25, -0.2) is 13.8 Å². The van der Waals surface area contributed by atoms with Crippen molar-refractivity contribution in [3.05, 3.63) is 106 Å². The molecule has 0 unspecified atom stereocenters. The van der Waals surface area contributed by atoms with E-state index in [1.165, 1.54) is 34.9 Å². The molecule has 5 heteroatoms. The largest absolute Gasteiger partial charge is 0.268 e. The molecular formula is C22H14F2N2O. The summed E-state index contributed by atoms with van der Waals surface area (Å²) in [6, 6.07) is 19.7. The quantitative estimate of drug-likeness (QED) is 0.524. The molecule has 0 radical (unpaired) electrons. The van der Waals surface area contributed by atoms with Crippen LogP contribution in [0.25, 0.3) is 28.7 Å². The van der Waals surface area contributed by atoms with Gasteiger partial charge in [-0.15, -0.1) is 0 Å². The maximum Gasteiger partial charge on any atom is 0.266 e. The van der Waals surface area contributed by atoms with Gasteiger partial charge < -0.3 is 0 Å². The Morgan fingerprint density at radius 2 is 1.44 bits per heavy atom. The number of rotatable bonds is 3. The fourth-order valence-corrected chi connectivity index (χ4v) is 2.92. The molecule has 1 heterocycles. The maximum atomic E-state index is 13.9. The number of hydrogen-bond donors (Lipinski definition) is 0. The van der Waals surface area contributed by atoms with Crippen LogP contribution in [0.5, 0.6) is 0 Å². The smallest absolute Gasteiger partial charge is 0.266 e. The normalized spacial score (nSPS) is 11.3. The number of fused-ring (bicyclic) bond motifs is 1. The van der Waals surface area contributed by atoms with E-state index in [0.29, 0.717) is 16.6 Å². The second-order valence-electron chi connectivity index (χ2n) is 5.93. The van der Waals surface area contributed by atoms with Crippen molar-refractivity contribution in [2.75, 3.05) is 0 Å². The summed E-state index contributed by atoms with van der Waals surface area (Å²) in [6.45, 7) is 0. The van der Waals surface area contributed by atoms with Gasteiger partial charge in [0, 0.05) is 5.56 Å². The fraction of sp³-hybridized carbons (Fsp3) is 0. The first-order valence-corrected chi connectivity index (χ1v) is 8.34. The van der Waals surface area contributed by atoms with Crippen LogP contribution in [0.15, 0.2) is 77.6 Å². The Labute approximate surface area is 153 Å². The summed E-state index contributed by atoms with van der Waals surface area (Å²) < 4.78 is 29.3. The number of aromatic nitrogens is 2. The lowest BCUT2D eigenvalue weighted by molar-refractivity contribution is 0.579. The van der Waals surface area contributed by atoms with E-state index in [1.807, 2.05) is 6.07 Å². The molecule has 4 aromatic rings. The van der Waals surface area contributed by atoms with Crippen LogP contribution >= 0.6 is 0 Å². The van der Waals surface area contributed by atoms with Gasteiger partial charge in [-0.2, -0.15) is 0 Å². The van der Waals surface area contributed by atoms with Crippen LogP contribution in [-0.2, 0) is 0 Å². The summed E-state index contributed by atoms with van der Waals surface area (Å²) in [4.78, 5) is 17.6. The van der Waals surface area contributed by atoms with Crippen molar-refractivity contribution >= 4 is 23.1 Å². The molecule has 4 rings (SSSR count). The van der Waals surface area contributed by atoms with E-state index in [0.717, 1.165) is 0 Å². The number of benzene rings is 3. The van der Waals surface area contributed by atoms with Gasteiger partial charge in [-0.3, -0.25) is 9.36 Å². The Balaban J connectivity index is 1.97. The molecule has 132 valence electrons. The second kappa shape index (κ2) is 6.96. The van der Waals surface area contributed by atoms with Crippen molar-refractivity contribution < 1.29 is 8.78 Å². The van der Waals surface area contributed by atoms with Gasteiger partial charge in [0.1, 0.15) is 17.5 Å². The Hall–Kier alpha value is -3.60. The molecule has 0 atom stereocenters. The number of para-hydroxylation sites is 2. The van der Waals surface area contributed by atoms with E-state index >= 15 is 0 Å². The monoisotopic (exact) mass is 360 g/mol. The van der Waals surface area contributed by atoms with Crippen LogP contribution in [0.3, 0.4) is 0 Å². The van der Waals surface area contributed by atoms with Gasteiger partial charge in [0.25, 0.3) is 5.56 Å². The average Bonchev–Trinajstić information content (AvgIpc) is 2.68. The van der Waals surface area contributed by atoms with Crippen molar-refractivity contribution in [1.82, 2.24) is 9.55 Å². The summed E-state index contributed by atoms with van der Waals surface area (Å²) >= 11 is 0. The molecule has 3 aromatic carbocycles. The van der Waals surface area contributed by atoms with Crippen molar-refractivity contribution in [1.29, 1.82) is 0 Å². The van der Waals surface area contributed by atoms with E-state index in [1.54, 1.807) is 48.5 Å². The molecule has 0 aliphatic rings. The molecule has 27 heavy (non-hydrogen) atoms. The highest BCUT2D eigenvalue weighted by Crippen LogP contribution is 2.18. The second-order valence-corrected chi connectivity index (χ2v) is 5.93. The van der Waals surface area contributed by atoms with E-state index < -0.39 is 11.6 Å². The van der Waals surface area contributed by atoms with Crippen LogP contribution in [0.4, 0.5) is 8.78 Å². The Kier molecular flexibility index (Phi) is 4.34. The first-order chi connectivity index (χ1) is 13.1. The summed E-state index contributed by atoms with van der Waals surface area (Å²) in [5, 5.41) is 0.468. The zero-order valence-electron chi connectivity index (χ0n) is 14.1. The highest BCUT2D eigenvalue weighted by Gasteiger charge is 2.11. The molecule has 3 nitrogen and oxygen atoms in total. The van der Waals surface area contributed by atoms with E-state index in [9.17, 15) is 13.6 Å². The third-order valence-corrected chi connectivity index (χ3v) is 4.21. The summed E-state index contributed by atoms with van der Waals surface area (Å²) in [5.74, 6) is -1.08. The van der Waals surface area contributed by atoms with Crippen LogP contribution in [0.2, 0.25) is 0 Å². The summed E-state index contributed by atoms with van der Waals surface area (Å²) in [7, 11) is 0. The minimum absolute atomic E-state index is 0.181. The Morgan fingerprint density at radius 1 is 0.778 bits per heavy atom. The Bertz CT molecular complexity index is 1190. The molecule has 1 aromatic heterocycles. The predicted octanol–water partition coefficient (Wildman–Crippen LogP) is 4.83. The van der Waals surface area contributed by atoms with Gasteiger partial charge >= 0.3 is 0 Å². The van der Waals surface area contributed by atoms with Gasteiger partial charge in [0.15, 0.2) is 0 Å².